The summed E-state index contributed by atoms with van der Waals surface area (Å²) in [5.41, 5.74) is 0. The lowest BCUT2D eigenvalue weighted by Crippen LogP contribution is -2.27. The van der Waals surface area contributed by atoms with Crippen LogP contribution < -0.4 is 10.6 Å². The molecule has 2 rings (SSSR count). The maximum absolute atomic E-state index is 9.37. The van der Waals surface area contributed by atoms with E-state index in [-0.39, 0.29) is 6.61 Å². The van der Waals surface area contributed by atoms with Gasteiger partial charge in [0.25, 0.3) is 0 Å². The Labute approximate surface area is 114 Å². The Hall–Kier alpha value is -1.36. The molecule has 0 radical (unpaired) electrons. The van der Waals surface area contributed by atoms with Gasteiger partial charge >= 0.3 is 0 Å². The van der Waals surface area contributed by atoms with Crippen molar-refractivity contribution in [1.29, 1.82) is 0 Å². The third kappa shape index (κ3) is 3.35. The molecule has 2 unspecified atom stereocenters. The molecule has 5 heteroatoms. The van der Waals surface area contributed by atoms with Crippen molar-refractivity contribution in [3.63, 3.8) is 0 Å². The molecule has 0 spiro atoms. The minimum absolute atomic E-state index is 0.249. The van der Waals surface area contributed by atoms with Crippen LogP contribution in [0.4, 0.5) is 11.6 Å². The van der Waals surface area contributed by atoms with Crippen LogP contribution in [0.15, 0.2) is 6.07 Å². The van der Waals surface area contributed by atoms with Gasteiger partial charge in [0.2, 0.25) is 0 Å². The van der Waals surface area contributed by atoms with Crippen LogP contribution in [0.1, 0.15) is 44.9 Å². The second-order valence-electron chi connectivity index (χ2n) is 5.53. The molecule has 0 saturated heterocycles. The average molecular weight is 264 g/mol. The first-order valence-electron chi connectivity index (χ1n) is 7.08. The molecule has 1 heterocycles. The van der Waals surface area contributed by atoms with Crippen LogP contribution in [0.3, 0.4) is 0 Å². The van der Waals surface area contributed by atoms with Crippen LogP contribution in [0.5, 0.6) is 0 Å². The lowest BCUT2D eigenvalue weighted by molar-refractivity contribution is 0.222. The number of aliphatic hydroxyl groups is 1. The maximum Gasteiger partial charge on any atom is 0.135 e. The highest BCUT2D eigenvalue weighted by Crippen LogP contribution is 2.28. The van der Waals surface area contributed by atoms with Gasteiger partial charge in [0.05, 0.1) is 0 Å². The zero-order chi connectivity index (χ0) is 13.8. The van der Waals surface area contributed by atoms with Crippen LogP contribution in [-0.4, -0.2) is 34.8 Å². The van der Waals surface area contributed by atoms with E-state index in [1.165, 1.54) is 6.42 Å². The first-order chi connectivity index (χ1) is 9.13. The zero-order valence-corrected chi connectivity index (χ0v) is 12.0. The van der Waals surface area contributed by atoms with Crippen molar-refractivity contribution >= 4 is 11.6 Å². The summed E-state index contributed by atoms with van der Waals surface area (Å²) in [6.45, 7) is 4.42. The molecule has 1 saturated carbocycles. The Kier molecular flexibility index (Phi) is 4.58. The highest BCUT2D eigenvalue weighted by Gasteiger charge is 2.26. The molecule has 0 aliphatic heterocycles. The minimum Gasteiger partial charge on any atom is -0.396 e. The van der Waals surface area contributed by atoms with Gasteiger partial charge in [-0.05, 0) is 12.8 Å². The Morgan fingerprint density at radius 1 is 1.32 bits per heavy atom. The molecule has 1 fully saturated rings. The van der Waals surface area contributed by atoms with Gasteiger partial charge in [0, 0.05) is 37.6 Å². The molecule has 1 aliphatic rings. The van der Waals surface area contributed by atoms with E-state index in [0.717, 1.165) is 30.3 Å². The van der Waals surface area contributed by atoms with Crippen molar-refractivity contribution in [2.45, 2.75) is 45.1 Å². The van der Waals surface area contributed by atoms with Crippen molar-refractivity contribution in [2.75, 3.05) is 24.3 Å². The van der Waals surface area contributed by atoms with E-state index in [1.807, 2.05) is 13.1 Å². The Bertz CT molecular complexity index is 422. The number of nitrogens with one attached hydrogen (secondary N) is 2. The number of nitrogens with zero attached hydrogens (tertiary/aromatic N) is 2. The molecule has 1 aromatic rings. The van der Waals surface area contributed by atoms with E-state index in [0.29, 0.717) is 17.9 Å². The monoisotopic (exact) mass is 264 g/mol. The summed E-state index contributed by atoms with van der Waals surface area (Å²) in [5.74, 6) is 3.17. The van der Waals surface area contributed by atoms with Gasteiger partial charge in [0.1, 0.15) is 17.5 Å². The van der Waals surface area contributed by atoms with Crippen molar-refractivity contribution in [1.82, 2.24) is 9.97 Å². The molecular weight excluding hydrogens is 240 g/mol. The van der Waals surface area contributed by atoms with E-state index in [9.17, 15) is 5.11 Å². The molecule has 0 bridgehead atoms. The second kappa shape index (κ2) is 6.19. The number of anilines is 2. The van der Waals surface area contributed by atoms with E-state index in [4.69, 9.17) is 0 Å². The van der Waals surface area contributed by atoms with E-state index >= 15 is 0 Å². The Morgan fingerprint density at radius 3 is 2.68 bits per heavy atom. The number of hydrogen-bond donors (Lipinski definition) is 3. The van der Waals surface area contributed by atoms with Gasteiger partial charge in [-0.3, -0.25) is 0 Å². The fraction of sp³-hybridized carbons (Fsp3) is 0.714. The fourth-order valence-electron chi connectivity index (χ4n) is 2.56. The van der Waals surface area contributed by atoms with Crippen LogP contribution in [-0.2, 0) is 0 Å². The summed E-state index contributed by atoms with van der Waals surface area (Å²) < 4.78 is 0. The second-order valence-corrected chi connectivity index (χ2v) is 5.53. The van der Waals surface area contributed by atoms with Crippen molar-refractivity contribution < 1.29 is 5.11 Å². The van der Waals surface area contributed by atoms with E-state index < -0.39 is 0 Å². The Morgan fingerprint density at radius 2 is 2.05 bits per heavy atom. The molecule has 0 amide bonds. The molecular formula is C14H24N4O. The van der Waals surface area contributed by atoms with Gasteiger partial charge < -0.3 is 15.7 Å². The average Bonchev–Trinajstić information content (AvgIpc) is 2.85. The molecule has 19 heavy (non-hydrogen) atoms. The van der Waals surface area contributed by atoms with Crippen LogP contribution in [0, 0.1) is 5.92 Å². The van der Waals surface area contributed by atoms with Gasteiger partial charge in [-0.15, -0.1) is 0 Å². The van der Waals surface area contributed by atoms with Gasteiger partial charge in [-0.1, -0.05) is 20.3 Å². The number of hydrogen-bond acceptors (Lipinski definition) is 5. The van der Waals surface area contributed by atoms with E-state index in [2.05, 4.69) is 34.4 Å². The van der Waals surface area contributed by atoms with Crippen LogP contribution >= 0.6 is 0 Å². The van der Waals surface area contributed by atoms with Crippen LogP contribution in [0.25, 0.3) is 0 Å². The lowest BCUT2D eigenvalue weighted by atomic mass is 10.1. The fourth-order valence-corrected chi connectivity index (χ4v) is 2.56. The van der Waals surface area contributed by atoms with Crippen molar-refractivity contribution in [3.05, 3.63) is 11.9 Å². The van der Waals surface area contributed by atoms with E-state index in [1.54, 1.807) is 0 Å². The highest BCUT2D eigenvalue weighted by molar-refractivity contribution is 5.48. The number of rotatable bonds is 5. The van der Waals surface area contributed by atoms with Gasteiger partial charge in [-0.2, -0.15) is 0 Å². The topological polar surface area (TPSA) is 70.1 Å². The summed E-state index contributed by atoms with van der Waals surface area (Å²) in [7, 11) is 1.86. The first-order valence-corrected chi connectivity index (χ1v) is 7.08. The molecule has 5 nitrogen and oxygen atoms in total. The third-order valence-corrected chi connectivity index (χ3v) is 3.74. The van der Waals surface area contributed by atoms with Gasteiger partial charge in [0.15, 0.2) is 0 Å². The number of aliphatic hydroxyl groups excluding tert-OH is 1. The molecule has 1 aliphatic carbocycles. The molecule has 1 aromatic heterocycles. The third-order valence-electron chi connectivity index (χ3n) is 3.74. The smallest absolute Gasteiger partial charge is 0.135 e. The normalized spacial score (nSPS) is 22.8. The largest absolute Gasteiger partial charge is 0.396 e. The predicted octanol–water partition coefficient (Wildman–Crippen LogP) is 2.21. The Balaban J connectivity index is 2.17. The summed E-state index contributed by atoms with van der Waals surface area (Å²) in [6, 6.07) is 2.25. The standard InChI is InChI=1S/C14H24N4O/c1-9(2)14-17-12(15-3)7-13(18-14)16-11-6-4-5-10(11)8-19/h7,9-11,19H,4-6,8H2,1-3H3,(H2,15,16,17,18). The quantitative estimate of drug-likeness (QED) is 0.760. The molecule has 0 aromatic carbocycles. The predicted molar refractivity (Wildman–Crippen MR) is 77.5 cm³/mol. The molecule has 106 valence electrons. The summed E-state index contributed by atoms with van der Waals surface area (Å²) >= 11 is 0. The zero-order valence-electron chi connectivity index (χ0n) is 12.0. The number of aromatic nitrogens is 2. The summed E-state index contributed by atoms with van der Waals surface area (Å²) in [6.07, 6.45) is 3.36. The highest BCUT2D eigenvalue weighted by atomic mass is 16.3. The van der Waals surface area contributed by atoms with Crippen molar-refractivity contribution in [3.8, 4) is 0 Å². The minimum atomic E-state index is 0.249. The maximum atomic E-state index is 9.37. The summed E-state index contributed by atoms with van der Waals surface area (Å²) in [4.78, 5) is 9.02. The van der Waals surface area contributed by atoms with Crippen LogP contribution in [0.2, 0.25) is 0 Å². The van der Waals surface area contributed by atoms with Gasteiger partial charge in [-0.25, -0.2) is 9.97 Å². The lowest BCUT2D eigenvalue weighted by Gasteiger charge is -2.20. The SMILES string of the molecule is CNc1cc(NC2CCCC2CO)nc(C(C)C)n1. The van der Waals surface area contributed by atoms with Crippen molar-refractivity contribution in [2.24, 2.45) is 5.92 Å². The summed E-state index contributed by atoms with van der Waals surface area (Å²) in [5, 5.41) is 15.9. The molecule has 3 N–H and O–H groups in total. The first kappa shape index (κ1) is 14.1. The molecule has 2 atom stereocenters.